The van der Waals surface area contributed by atoms with Crippen LogP contribution in [0.25, 0.3) is 11.0 Å². The van der Waals surface area contributed by atoms with E-state index in [0.29, 0.717) is 36.7 Å². The maximum atomic E-state index is 14.6. The van der Waals surface area contributed by atoms with Crippen molar-refractivity contribution in [3.63, 3.8) is 0 Å². The van der Waals surface area contributed by atoms with Crippen molar-refractivity contribution in [1.82, 2.24) is 19.4 Å². The number of piperidine rings is 1. The minimum Gasteiger partial charge on any atom is -0.478 e. The van der Waals surface area contributed by atoms with E-state index in [2.05, 4.69) is 26.5 Å². The van der Waals surface area contributed by atoms with E-state index < -0.39 is 5.97 Å². The summed E-state index contributed by atoms with van der Waals surface area (Å²) in [7, 11) is 0. The Bertz CT molecular complexity index is 1730. The molecule has 10 heteroatoms. The molecule has 2 aromatic heterocycles. The lowest BCUT2D eigenvalue weighted by Gasteiger charge is -2.32. The molecule has 2 saturated heterocycles. The largest absolute Gasteiger partial charge is 0.478 e. The highest BCUT2D eigenvalue weighted by Crippen LogP contribution is 2.34. The Balaban J connectivity index is 1.04. The average molecular weight is 581 g/mol. The number of hydrogen-bond donors (Lipinski definition) is 1. The minimum atomic E-state index is -0.942. The molecule has 43 heavy (non-hydrogen) atoms. The number of anilines is 1. The first kappa shape index (κ1) is 27.5. The summed E-state index contributed by atoms with van der Waals surface area (Å²) in [5.74, 6) is 0.926. The Hall–Kier alpha value is -4.33. The standard InChI is InChI=1S/C33H33FN6O3/c34-27-15-21(17-35)1-2-25(27)18-39-13-9-23-3-5-28(37-32(23)39)22-7-11-38(12-8-22)20-31-36-29-6-4-24(33(41)42)16-30(29)40(31)19-26-10-14-43-26/h1-6,15-16,22,26H,7-14,18-20H2,(H,41,42)/t26-/m0/s1. The van der Waals surface area contributed by atoms with Gasteiger partial charge in [-0.2, -0.15) is 5.26 Å². The molecule has 2 fully saturated rings. The molecule has 4 aromatic rings. The molecule has 0 unspecified atom stereocenters. The third-order valence-electron chi connectivity index (χ3n) is 9.10. The fourth-order valence-electron chi connectivity index (χ4n) is 6.50. The number of aromatic nitrogens is 3. The second-order valence-electron chi connectivity index (χ2n) is 11.8. The van der Waals surface area contributed by atoms with Crippen molar-refractivity contribution in [2.45, 2.75) is 57.3 Å². The Morgan fingerprint density at radius 3 is 2.60 bits per heavy atom. The van der Waals surface area contributed by atoms with Gasteiger partial charge >= 0.3 is 5.97 Å². The van der Waals surface area contributed by atoms with Crippen LogP contribution in [-0.4, -0.2) is 62.9 Å². The van der Waals surface area contributed by atoms with Gasteiger partial charge in [-0.05, 0) is 80.7 Å². The quantitative estimate of drug-likeness (QED) is 0.315. The van der Waals surface area contributed by atoms with E-state index in [-0.39, 0.29) is 17.5 Å². The number of likely N-dealkylation sites (tertiary alicyclic amines) is 1. The summed E-state index contributed by atoms with van der Waals surface area (Å²) in [6.45, 7) is 5.18. The summed E-state index contributed by atoms with van der Waals surface area (Å²) in [5.41, 5.74) is 5.08. The maximum Gasteiger partial charge on any atom is 0.335 e. The van der Waals surface area contributed by atoms with E-state index in [9.17, 15) is 14.3 Å². The van der Waals surface area contributed by atoms with E-state index in [1.54, 1.807) is 30.3 Å². The van der Waals surface area contributed by atoms with Crippen LogP contribution in [0.1, 0.15) is 63.7 Å². The number of rotatable bonds is 8. The monoisotopic (exact) mass is 580 g/mol. The predicted octanol–water partition coefficient (Wildman–Crippen LogP) is 4.87. The van der Waals surface area contributed by atoms with E-state index in [1.807, 2.05) is 6.07 Å². The number of ether oxygens (including phenoxy) is 1. The van der Waals surface area contributed by atoms with E-state index in [1.165, 1.54) is 11.6 Å². The van der Waals surface area contributed by atoms with Gasteiger partial charge in [0.15, 0.2) is 0 Å². The fraction of sp³-hybridized carbons (Fsp3) is 0.394. The first-order valence-electron chi connectivity index (χ1n) is 14.9. The van der Waals surface area contributed by atoms with Crippen molar-refractivity contribution in [3.8, 4) is 6.07 Å². The smallest absolute Gasteiger partial charge is 0.335 e. The van der Waals surface area contributed by atoms with Crippen molar-refractivity contribution < 1.29 is 19.0 Å². The zero-order chi connectivity index (χ0) is 29.5. The number of benzene rings is 2. The van der Waals surface area contributed by atoms with Gasteiger partial charge in [-0.3, -0.25) is 4.90 Å². The SMILES string of the molecule is N#Cc1ccc(CN2CCc3ccc(C4CCN(Cc5nc6ccc(C(=O)O)cc6n5C[C@@H]5CCO5)CC4)nc32)c(F)c1. The molecule has 0 aliphatic carbocycles. The molecular weight excluding hydrogens is 547 g/mol. The third-order valence-corrected chi connectivity index (χ3v) is 9.10. The second kappa shape index (κ2) is 11.4. The van der Waals surface area contributed by atoms with Gasteiger partial charge in [0, 0.05) is 36.9 Å². The fourth-order valence-corrected chi connectivity index (χ4v) is 6.50. The molecule has 220 valence electrons. The average Bonchev–Trinajstić information content (AvgIpc) is 3.55. The number of fused-ring (bicyclic) bond motifs is 2. The zero-order valence-electron chi connectivity index (χ0n) is 23.9. The highest BCUT2D eigenvalue weighted by Gasteiger charge is 2.28. The van der Waals surface area contributed by atoms with Crippen LogP contribution in [0.2, 0.25) is 0 Å². The maximum absolute atomic E-state index is 14.6. The van der Waals surface area contributed by atoms with Crippen LogP contribution in [0.3, 0.4) is 0 Å². The van der Waals surface area contributed by atoms with Gasteiger partial charge in [0.2, 0.25) is 0 Å². The molecule has 0 bridgehead atoms. The highest BCUT2D eigenvalue weighted by atomic mass is 19.1. The topological polar surface area (TPSA) is 108 Å². The van der Waals surface area contributed by atoms with Crippen LogP contribution >= 0.6 is 0 Å². The molecule has 0 spiro atoms. The van der Waals surface area contributed by atoms with Gasteiger partial charge in [-0.1, -0.05) is 12.1 Å². The molecule has 3 aliphatic heterocycles. The van der Waals surface area contributed by atoms with Crippen molar-refractivity contribution in [3.05, 3.63) is 88.1 Å². The summed E-state index contributed by atoms with van der Waals surface area (Å²) >= 11 is 0. The van der Waals surface area contributed by atoms with Crippen LogP contribution in [0.5, 0.6) is 0 Å². The van der Waals surface area contributed by atoms with Crippen molar-refractivity contribution in [2.75, 3.05) is 31.1 Å². The van der Waals surface area contributed by atoms with Crippen molar-refractivity contribution >= 4 is 22.8 Å². The number of hydrogen-bond acceptors (Lipinski definition) is 7. The third kappa shape index (κ3) is 5.46. The van der Waals surface area contributed by atoms with Gasteiger partial charge < -0.3 is 19.3 Å². The second-order valence-corrected chi connectivity index (χ2v) is 11.8. The number of aromatic carboxylic acids is 1. The van der Waals surface area contributed by atoms with Crippen LogP contribution < -0.4 is 4.90 Å². The number of imidazole rings is 1. The molecule has 0 saturated carbocycles. The molecule has 0 radical (unpaired) electrons. The number of pyridine rings is 1. The van der Waals surface area contributed by atoms with Crippen LogP contribution in [-0.2, 0) is 30.8 Å². The summed E-state index contributed by atoms with van der Waals surface area (Å²) in [5, 5.41) is 18.6. The first-order chi connectivity index (χ1) is 20.9. The summed E-state index contributed by atoms with van der Waals surface area (Å²) in [6, 6.07) is 16.1. The zero-order valence-corrected chi connectivity index (χ0v) is 23.9. The summed E-state index contributed by atoms with van der Waals surface area (Å²) < 4.78 is 22.5. The van der Waals surface area contributed by atoms with Gasteiger partial charge in [-0.15, -0.1) is 0 Å². The Morgan fingerprint density at radius 1 is 1.05 bits per heavy atom. The summed E-state index contributed by atoms with van der Waals surface area (Å²) in [4.78, 5) is 26.2. The molecule has 1 atom stereocenters. The molecular formula is C33H33FN6O3. The van der Waals surface area contributed by atoms with Crippen LogP contribution in [0.4, 0.5) is 10.2 Å². The van der Waals surface area contributed by atoms with E-state index in [0.717, 1.165) is 80.3 Å². The molecule has 2 aromatic carbocycles. The van der Waals surface area contributed by atoms with Crippen LogP contribution in [0, 0.1) is 17.1 Å². The number of carbonyl (C=O) groups is 1. The predicted molar refractivity (Wildman–Crippen MR) is 158 cm³/mol. The highest BCUT2D eigenvalue weighted by molar-refractivity contribution is 5.92. The van der Waals surface area contributed by atoms with Gasteiger partial charge in [0.05, 0.1) is 47.4 Å². The lowest BCUT2D eigenvalue weighted by molar-refractivity contribution is -0.0592. The first-order valence-corrected chi connectivity index (χ1v) is 14.9. The molecule has 1 N–H and O–H groups in total. The van der Waals surface area contributed by atoms with E-state index in [4.69, 9.17) is 20.0 Å². The van der Waals surface area contributed by atoms with E-state index >= 15 is 0 Å². The Morgan fingerprint density at radius 2 is 1.88 bits per heavy atom. The van der Waals surface area contributed by atoms with Crippen molar-refractivity contribution in [2.24, 2.45) is 0 Å². The molecule has 3 aliphatic rings. The van der Waals surface area contributed by atoms with Crippen molar-refractivity contribution in [1.29, 1.82) is 5.26 Å². The minimum absolute atomic E-state index is 0.134. The lowest BCUT2D eigenvalue weighted by atomic mass is 9.92. The normalized spacial score (nSPS) is 18.9. The molecule has 9 nitrogen and oxygen atoms in total. The molecule has 0 amide bonds. The number of nitrogens with zero attached hydrogens (tertiary/aromatic N) is 6. The molecule has 7 rings (SSSR count). The lowest BCUT2D eigenvalue weighted by Crippen LogP contribution is -2.35. The number of carboxylic acids is 1. The summed E-state index contributed by atoms with van der Waals surface area (Å²) in [6.07, 6.45) is 3.97. The number of nitriles is 1. The van der Waals surface area contributed by atoms with Gasteiger partial charge in [0.25, 0.3) is 0 Å². The number of carboxylic acid groups (broad SMARTS) is 1. The Labute approximate surface area is 249 Å². The van der Waals surface area contributed by atoms with Gasteiger partial charge in [-0.25, -0.2) is 19.2 Å². The molecule has 5 heterocycles. The Kier molecular flexibility index (Phi) is 7.29. The van der Waals surface area contributed by atoms with Crippen LogP contribution in [0.15, 0.2) is 48.5 Å². The van der Waals surface area contributed by atoms with Gasteiger partial charge in [0.1, 0.15) is 17.5 Å². The number of halogens is 1.